The lowest BCUT2D eigenvalue weighted by Crippen LogP contribution is -2.49. The zero-order valence-electron chi connectivity index (χ0n) is 15.9. The van der Waals surface area contributed by atoms with E-state index in [1.54, 1.807) is 14.0 Å². The van der Waals surface area contributed by atoms with E-state index in [9.17, 15) is 8.42 Å². The van der Waals surface area contributed by atoms with Crippen LogP contribution in [0.4, 0.5) is 0 Å². The van der Waals surface area contributed by atoms with E-state index in [1.165, 1.54) is 5.56 Å². The largest absolute Gasteiger partial charge is 0.355 e. The normalized spacial score (nSPS) is 16.6. The second kappa shape index (κ2) is 12.2. The summed E-state index contributed by atoms with van der Waals surface area (Å²) < 4.78 is 24.2. The van der Waals surface area contributed by atoms with Crippen LogP contribution in [0.15, 0.2) is 33.7 Å². The van der Waals surface area contributed by atoms with Crippen LogP contribution in [0.3, 0.4) is 0 Å². The van der Waals surface area contributed by atoms with E-state index >= 15 is 0 Å². The number of guanidine groups is 1. The van der Waals surface area contributed by atoms with Crippen LogP contribution in [0.5, 0.6) is 0 Å². The SMILES string of the molecule is CCS(=O)(=O)CCNC(=NC)NC1CCN(Cc2ccc(Br)cc2)CC1.I. The molecule has 1 aliphatic heterocycles. The standard InChI is InChI=1S/C18H29BrN4O2S.HI/c1-3-26(24,25)13-10-21-18(20-2)22-17-8-11-23(12-9-17)14-15-4-6-16(19)7-5-15;/h4-7,17H,3,8-14H2,1-2H3,(H2,20,21,22);1H. The van der Waals surface area contributed by atoms with Gasteiger partial charge in [0.2, 0.25) is 0 Å². The summed E-state index contributed by atoms with van der Waals surface area (Å²) in [6, 6.07) is 8.84. The van der Waals surface area contributed by atoms with Crippen LogP contribution < -0.4 is 10.6 Å². The zero-order chi connectivity index (χ0) is 19.0. The maximum atomic E-state index is 11.6. The fourth-order valence-electron chi connectivity index (χ4n) is 2.94. The van der Waals surface area contributed by atoms with E-state index in [-0.39, 0.29) is 35.5 Å². The first-order chi connectivity index (χ1) is 12.4. The van der Waals surface area contributed by atoms with Crippen LogP contribution >= 0.6 is 39.9 Å². The van der Waals surface area contributed by atoms with Crippen LogP contribution in [0, 0.1) is 0 Å². The van der Waals surface area contributed by atoms with Crippen molar-refractivity contribution in [3.8, 4) is 0 Å². The highest BCUT2D eigenvalue weighted by Gasteiger charge is 2.20. The van der Waals surface area contributed by atoms with Gasteiger partial charge in [0.15, 0.2) is 15.8 Å². The first-order valence-electron chi connectivity index (χ1n) is 9.06. The summed E-state index contributed by atoms with van der Waals surface area (Å²) in [7, 11) is -1.24. The predicted molar refractivity (Wildman–Crippen MR) is 127 cm³/mol. The lowest BCUT2D eigenvalue weighted by molar-refractivity contribution is 0.198. The van der Waals surface area contributed by atoms with Crippen molar-refractivity contribution in [2.45, 2.75) is 32.4 Å². The summed E-state index contributed by atoms with van der Waals surface area (Å²) in [5, 5.41) is 6.52. The van der Waals surface area contributed by atoms with Crippen LogP contribution in [0.2, 0.25) is 0 Å². The van der Waals surface area contributed by atoms with E-state index in [0.29, 0.717) is 18.5 Å². The van der Waals surface area contributed by atoms with E-state index in [4.69, 9.17) is 0 Å². The fourth-order valence-corrected chi connectivity index (χ4v) is 3.91. The van der Waals surface area contributed by atoms with E-state index < -0.39 is 9.84 Å². The third-order valence-corrected chi connectivity index (χ3v) is 6.85. The van der Waals surface area contributed by atoms with Gasteiger partial charge in [-0.15, -0.1) is 24.0 Å². The minimum atomic E-state index is -2.95. The van der Waals surface area contributed by atoms with Crippen LogP contribution in [-0.2, 0) is 16.4 Å². The maximum Gasteiger partial charge on any atom is 0.191 e. The quantitative estimate of drug-likeness (QED) is 0.298. The lowest BCUT2D eigenvalue weighted by atomic mass is 10.0. The predicted octanol–water partition coefficient (Wildman–Crippen LogP) is 2.63. The highest BCUT2D eigenvalue weighted by atomic mass is 127. The number of halogens is 2. The van der Waals surface area contributed by atoms with Crippen LogP contribution in [0.25, 0.3) is 0 Å². The smallest absolute Gasteiger partial charge is 0.191 e. The second-order valence-corrected chi connectivity index (χ2v) is 9.94. The number of hydrogen-bond acceptors (Lipinski definition) is 4. The molecule has 154 valence electrons. The number of sulfone groups is 1. The summed E-state index contributed by atoms with van der Waals surface area (Å²) in [4.78, 5) is 6.67. The van der Waals surface area contributed by atoms with Gasteiger partial charge in [0.1, 0.15) is 0 Å². The minimum absolute atomic E-state index is 0. The number of benzene rings is 1. The molecule has 0 unspecified atom stereocenters. The second-order valence-electron chi connectivity index (χ2n) is 6.56. The molecule has 9 heteroatoms. The molecule has 1 aliphatic rings. The number of piperidine rings is 1. The topological polar surface area (TPSA) is 73.8 Å². The number of rotatable bonds is 7. The minimum Gasteiger partial charge on any atom is -0.355 e. The molecule has 0 bridgehead atoms. The Morgan fingerprint density at radius 2 is 1.89 bits per heavy atom. The van der Waals surface area contributed by atoms with E-state index in [0.717, 1.165) is 36.9 Å². The van der Waals surface area contributed by atoms with Crippen molar-refractivity contribution in [1.29, 1.82) is 0 Å². The molecule has 1 aromatic rings. The molecule has 0 radical (unpaired) electrons. The summed E-state index contributed by atoms with van der Waals surface area (Å²) in [5.74, 6) is 0.996. The van der Waals surface area contributed by atoms with Crippen molar-refractivity contribution in [1.82, 2.24) is 15.5 Å². The Morgan fingerprint density at radius 1 is 1.26 bits per heavy atom. The number of nitrogens with zero attached hydrogens (tertiary/aromatic N) is 2. The van der Waals surface area contributed by atoms with Crippen molar-refractivity contribution in [2.75, 3.05) is 38.2 Å². The molecule has 2 rings (SSSR count). The Labute approximate surface area is 188 Å². The number of likely N-dealkylation sites (tertiary alicyclic amines) is 1. The highest BCUT2D eigenvalue weighted by Crippen LogP contribution is 2.16. The van der Waals surface area contributed by atoms with Gasteiger partial charge >= 0.3 is 0 Å². The summed E-state index contributed by atoms with van der Waals surface area (Å²) in [6.45, 7) is 5.11. The molecule has 1 heterocycles. The molecule has 27 heavy (non-hydrogen) atoms. The average molecular weight is 573 g/mol. The molecule has 6 nitrogen and oxygen atoms in total. The van der Waals surface area contributed by atoms with E-state index in [2.05, 4.69) is 60.7 Å². The van der Waals surface area contributed by atoms with E-state index in [1.807, 2.05) is 0 Å². The Kier molecular flexibility index (Phi) is 11.2. The Balaban J connectivity index is 0.00000364. The number of aliphatic imine (C=N–C) groups is 1. The van der Waals surface area contributed by atoms with Crippen molar-refractivity contribution in [3.05, 3.63) is 34.3 Å². The first-order valence-corrected chi connectivity index (χ1v) is 11.7. The Hall–Kier alpha value is -0.390. The zero-order valence-corrected chi connectivity index (χ0v) is 20.7. The van der Waals surface area contributed by atoms with Gasteiger partial charge in [-0.1, -0.05) is 35.0 Å². The fraction of sp³-hybridized carbons (Fsp3) is 0.611. The summed E-state index contributed by atoms with van der Waals surface area (Å²) in [6.07, 6.45) is 2.09. The van der Waals surface area contributed by atoms with Crippen molar-refractivity contribution < 1.29 is 8.42 Å². The number of nitrogens with one attached hydrogen (secondary N) is 2. The van der Waals surface area contributed by atoms with Crippen LogP contribution in [0.1, 0.15) is 25.3 Å². The van der Waals surface area contributed by atoms with Gasteiger partial charge in [0.25, 0.3) is 0 Å². The molecule has 1 aromatic carbocycles. The Morgan fingerprint density at radius 3 is 2.44 bits per heavy atom. The van der Waals surface area contributed by atoms with Gasteiger partial charge in [0, 0.05) is 49.5 Å². The summed E-state index contributed by atoms with van der Waals surface area (Å²) in [5.41, 5.74) is 1.33. The number of hydrogen-bond donors (Lipinski definition) is 2. The van der Waals surface area contributed by atoms with Gasteiger partial charge in [-0.3, -0.25) is 9.89 Å². The molecule has 0 aliphatic carbocycles. The maximum absolute atomic E-state index is 11.6. The van der Waals surface area contributed by atoms with Gasteiger partial charge in [-0.25, -0.2) is 8.42 Å². The van der Waals surface area contributed by atoms with Crippen LogP contribution in [-0.4, -0.2) is 63.5 Å². The highest BCUT2D eigenvalue weighted by molar-refractivity contribution is 14.0. The summed E-state index contributed by atoms with van der Waals surface area (Å²) >= 11 is 3.47. The third kappa shape index (κ3) is 9.10. The molecular weight excluding hydrogens is 543 g/mol. The monoisotopic (exact) mass is 572 g/mol. The molecule has 0 aromatic heterocycles. The van der Waals surface area contributed by atoms with Gasteiger partial charge in [-0.05, 0) is 30.5 Å². The average Bonchev–Trinajstić information content (AvgIpc) is 2.64. The molecule has 1 fully saturated rings. The molecule has 0 spiro atoms. The Bertz CT molecular complexity index is 690. The lowest BCUT2D eigenvalue weighted by Gasteiger charge is -2.33. The third-order valence-electron chi connectivity index (χ3n) is 4.62. The molecule has 2 N–H and O–H groups in total. The molecule has 0 atom stereocenters. The van der Waals surface area contributed by atoms with Crippen molar-refractivity contribution in [2.24, 2.45) is 4.99 Å². The van der Waals surface area contributed by atoms with Gasteiger partial charge in [0.05, 0.1) is 5.75 Å². The first kappa shape index (κ1) is 24.6. The molecule has 0 saturated carbocycles. The van der Waals surface area contributed by atoms with Gasteiger partial charge < -0.3 is 10.6 Å². The molecule has 0 amide bonds. The van der Waals surface area contributed by atoms with Gasteiger partial charge in [-0.2, -0.15) is 0 Å². The molecule has 1 saturated heterocycles. The molecular formula is C18H30BrIN4O2S. The van der Waals surface area contributed by atoms with Crippen molar-refractivity contribution in [3.63, 3.8) is 0 Å². The van der Waals surface area contributed by atoms with Crippen molar-refractivity contribution >= 4 is 55.7 Å².